The maximum atomic E-state index is 13.0. The highest BCUT2D eigenvalue weighted by Gasteiger charge is 2.41. The predicted molar refractivity (Wildman–Crippen MR) is 150 cm³/mol. The zero-order valence-electron chi connectivity index (χ0n) is 23.2. The van der Waals surface area contributed by atoms with E-state index in [0.717, 1.165) is 5.56 Å². The molecule has 1 aliphatic rings. The van der Waals surface area contributed by atoms with Gasteiger partial charge in [-0.05, 0) is 64.8 Å². The molecule has 11 nitrogen and oxygen atoms in total. The number of aromatic amines is 1. The number of hydrogen-bond donors (Lipinski definition) is 2. The number of H-pyrrole nitrogens is 1. The Hall–Kier alpha value is -3.53. The normalized spacial score (nSPS) is 16.2. The quantitative estimate of drug-likeness (QED) is 0.436. The Labute approximate surface area is 231 Å². The molecule has 2 aromatic heterocycles. The molecule has 1 amide bonds. The molecule has 1 aliphatic heterocycles. The van der Waals surface area contributed by atoms with Gasteiger partial charge < -0.3 is 24.5 Å². The minimum absolute atomic E-state index is 0.169. The number of piperidine rings is 1. The van der Waals surface area contributed by atoms with Crippen LogP contribution in [0, 0.1) is 18.3 Å². The van der Waals surface area contributed by atoms with E-state index >= 15 is 0 Å². The number of aromatic nitrogens is 3. The first-order chi connectivity index (χ1) is 18.3. The molecular formula is C27H35N7O4S. The fourth-order valence-electron chi connectivity index (χ4n) is 4.83. The third-order valence-electron chi connectivity index (χ3n) is 6.76. The van der Waals surface area contributed by atoms with Gasteiger partial charge in [-0.2, -0.15) is 10.4 Å². The lowest BCUT2D eigenvalue weighted by atomic mass is 9.85. The van der Waals surface area contributed by atoms with E-state index in [4.69, 9.17) is 9.84 Å². The van der Waals surface area contributed by atoms with Crippen molar-refractivity contribution in [3.8, 4) is 6.07 Å². The molecule has 1 aromatic carbocycles. The van der Waals surface area contributed by atoms with E-state index in [-0.39, 0.29) is 18.1 Å². The third kappa shape index (κ3) is 5.90. The number of likely N-dealkylation sites (tertiary alicyclic amines) is 1. The molecule has 1 atom stereocenters. The number of pyridine rings is 1. The maximum absolute atomic E-state index is 13.0. The van der Waals surface area contributed by atoms with Crippen molar-refractivity contribution in [1.29, 1.82) is 5.26 Å². The van der Waals surface area contributed by atoms with Crippen LogP contribution in [0.3, 0.4) is 0 Å². The number of carbonyl (C=O) groups is 1. The molecule has 3 aromatic rings. The summed E-state index contributed by atoms with van der Waals surface area (Å²) in [5.74, 6) is 0.361. The molecule has 3 heterocycles. The van der Waals surface area contributed by atoms with E-state index in [0.29, 0.717) is 53.2 Å². The Morgan fingerprint density at radius 2 is 2.00 bits per heavy atom. The highest BCUT2D eigenvalue weighted by atomic mass is 32.2. The number of rotatable bonds is 6. The van der Waals surface area contributed by atoms with Crippen molar-refractivity contribution in [3.63, 3.8) is 0 Å². The summed E-state index contributed by atoms with van der Waals surface area (Å²) in [6.45, 7) is 8.15. The fraction of sp³-hybridized carbons (Fsp3) is 0.481. The number of amides is 1. The Bertz CT molecular complexity index is 1460. The topological polar surface area (TPSA) is 142 Å². The van der Waals surface area contributed by atoms with Gasteiger partial charge in [0.25, 0.3) is 5.56 Å². The van der Waals surface area contributed by atoms with Crippen LogP contribution in [-0.2, 0) is 21.6 Å². The lowest BCUT2D eigenvalue weighted by Crippen LogP contribution is -2.49. The molecule has 0 bridgehead atoms. The number of nitrogens with one attached hydrogen (secondary N) is 2. The van der Waals surface area contributed by atoms with Crippen molar-refractivity contribution in [3.05, 3.63) is 46.4 Å². The van der Waals surface area contributed by atoms with Gasteiger partial charge in [-0.3, -0.25) is 9.48 Å². The predicted octanol–water partition coefficient (Wildman–Crippen LogP) is 4.00. The SMILES string of the molecule is Cc1cc(Nc2nn(C3(CC#N)CCN(C(=O)OC(C)(C)C)CC3)c3cc[nH]c(=O)c23)ccc1[S+]([O-])N(C)C. The molecule has 0 saturated carbocycles. The molecule has 39 heavy (non-hydrogen) atoms. The zero-order chi connectivity index (χ0) is 28.5. The average Bonchev–Trinajstić information content (AvgIpc) is 3.23. The van der Waals surface area contributed by atoms with Gasteiger partial charge in [0.15, 0.2) is 10.7 Å². The molecule has 0 radical (unpaired) electrons. The van der Waals surface area contributed by atoms with Gasteiger partial charge in [0, 0.05) is 44.6 Å². The van der Waals surface area contributed by atoms with Gasteiger partial charge >= 0.3 is 6.09 Å². The van der Waals surface area contributed by atoms with Crippen molar-refractivity contribution in [1.82, 2.24) is 24.0 Å². The van der Waals surface area contributed by atoms with Gasteiger partial charge in [-0.25, -0.2) is 4.79 Å². The molecule has 1 fully saturated rings. The first kappa shape index (κ1) is 28.5. The van der Waals surface area contributed by atoms with Crippen molar-refractivity contribution in [2.75, 3.05) is 32.5 Å². The summed E-state index contributed by atoms with van der Waals surface area (Å²) in [4.78, 5) is 30.7. The highest BCUT2D eigenvalue weighted by Crippen LogP contribution is 2.38. The van der Waals surface area contributed by atoms with Crippen molar-refractivity contribution in [2.45, 2.75) is 63.0 Å². The Morgan fingerprint density at radius 1 is 1.31 bits per heavy atom. The van der Waals surface area contributed by atoms with Crippen molar-refractivity contribution >= 4 is 39.9 Å². The molecule has 0 aliphatic carbocycles. The molecule has 0 spiro atoms. The van der Waals surface area contributed by atoms with Crippen LogP contribution in [0.25, 0.3) is 10.9 Å². The van der Waals surface area contributed by atoms with E-state index in [1.807, 2.05) is 33.8 Å². The summed E-state index contributed by atoms with van der Waals surface area (Å²) < 4.78 is 21.5. The second kappa shape index (κ2) is 10.9. The number of ether oxygens (including phenoxy) is 1. The Balaban J connectivity index is 1.69. The zero-order valence-corrected chi connectivity index (χ0v) is 24.0. The maximum Gasteiger partial charge on any atom is 0.410 e. The van der Waals surface area contributed by atoms with E-state index in [9.17, 15) is 19.4 Å². The van der Waals surface area contributed by atoms with Gasteiger partial charge in [-0.1, -0.05) is 0 Å². The number of aryl methyl sites for hydroxylation is 1. The largest absolute Gasteiger partial charge is 0.593 e. The van der Waals surface area contributed by atoms with E-state index < -0.39 is 22.5 Å². The molecule has 208 valence electrons. The second-order valence-corrected chi connectivity index (χ2v) is 12.7. The van der Waals surface area contributed by atoms with Gasteiger partial charge in [0.2, 0.25) is 0 Å². The van der Waals surface area contributed by atoms with E-state index in [1.54, 1.807) is 52.4 Å². The molecule has 4 rings (SSSR count). The van der Waals surface area contributed by atoms with Crippen LogP contribution < -0.4 is 10.9 Å². The van der Waals surface area contributed by atoms with E-state index in [2.05, 4.69) is 16.4 Å². The van der Waals surface area contributed by atoms with Crippen LogP contribution in [0.4, 0.5) is 16.3 Å². The smallest absolute Gasteiger partial charge is 0.410 e. The number of fused-ring (bicyclic) bond motifs is 1. The molecule has 2 N–H and O–H groups in total. The lowest BCUT2D eigenvalue weighted by molar-refractivity contribution is 0.0110. The van der Waals surface area contributed by atoms with Crippen molar-refractivity contribution < 1.29 is 14.1 Å². The highest BCUT2D eigenvalue weighted by molar-refractivity contribution is 7.89. The monoisotopic (exact) mass is 553 g/mol. The number of nitrogens with zero attached hydrogens (tertiary/aromatic N) is 5. The number of hydrogen-bond acceptors (Lipinski definition) is 8. The van der Waals surface area contributed by atoms with Crippen LogP contribution in [0.15, 0.2) is 40.2 Å². The summed E-state index contributed by atoms with van der Waals surface area (Å²) >= 11 is -1.28. The van der Waals surface area contributed by atoms with Gasteiger partial charge in [-0.15, -0.1) is 4.31 Å². The van der Waals surface area contributed by atoms with Gasteiger partial charge in [0.1, 0.15) is 11.0 Å². The van der Waals surface area contributed by atoms with E-state index in [1.165, 1.54) is 0 Å². The van der Waals surface area contributed by atoms with Crippen LogP contribution >= 0.6 is 0 Å². The summed E-state index contributed by atoms with van der Waals surface area (Å²) in [5.41, 5.74) is 0.513. The standard InChI is InChI=1S/C27H35N7O4S/c1-18-17-19(7-8-21(18)39(37)32(5)6)30-23-22-20(9-14-29-24(22)35)34(31-23)27(10-13-28)11-15-33(16-12-27)25(36)38-26(2,3)4/h7-9,14,17H,10-12,15-16H2,1-6H3,(H,29,35)(H,30,31). The Morgan fingerprint density at radius 3 is 2.59 bits per heavy atom. The molecule has 12 heteroatoms. The fourth-order valence-corrected chi connectivity index (χ4v) is 5.74. The summed E-state index contributed by atoms with van der Waals surface area (Å²) in [6, 6.07) is 9.53. The molecule has 1 unspecified atom stereocenters. The van der Waals surface area contributed by atoms with Crippen LogP contribution in [0.5, 0.6) is 0 Å². The summed E-state index contributed by atoms with van der Waals surface area (Å²) in [5, 5.41) is 18.3. The number of carbonyl (C=O) groups excluding carboxylic acids is 1. The Kier molecular flexibility index (Phi) is 7.97. The van der Waals surface area contributed by atoms with Crippen LogP contribution in [-0.4, -0.2) is 67.4 Å². The number of anilines is 2. The molecular weight excluding hydrogens is 518 g/mol. The second-order valence-electron chi connectivity index (χ2n) is 11.0. The first-order valence-corrected chi connectivity index (χ1v) is 13.9. The van der Waals surface area contributed by atoms with Crippen LogP contribution in [0.2, 0.25) is 0 Å². The van der Waals surface area contributed by atoms with Gasteiger partial charge in [0.05, 0.1) is 34.9 Å². The number of benzene rings is 1. The van der Waals surface area contributed by atoms with Crippen molar-refractivity contribution in [2.24, 2.45) is 0 Å². The average molecular weight is 554 g/mol. The summed E-state index contributed by atoms with van der Waals surface area (Å²) in [7, 11) is 3.50. The lowest BCUT2D eigenvalue weighted by Gasteiger charge is -2.41. The minimum Gasteiger partial charge on any atom is -0.593 e. The van der Waals surface area contributed by atoms with Crippen LogP contribution in [0.1, 0.15) is 45.6 Å². The molecule has 1 saturated heterocycles. The minimum atomic E-state index is -1.28. The summed E-state index contributed by atoms with van der Waals surface area (Å²) in [6.07, 6.45) is 2.31. The number of nitriles is 1. The third-order valence-corrected chi connectivity index (χ3v) is 8.26. The first-order valence-electron chi connectivity index (χ1n) is 12.8.